The monoisotopic (exact) mass is 450 g/mol. The molecule has 0 radical (unpaired) electrons. The van der Waals surface area contributed by atoms with Gasteiger partial charge in [-0.25, -0.2) is 9.97 Å². The van der Waals surface area contributed by atoms with Gasteiger partial charge in [-0.2, -0.15) is 0 Å². The van der Waals surface area contributed by atoms with Crippen LogP contribution in [0.2, 0.25) is 0 Å². The Labute approximate surface area is 193 Å². The Kier molecular flexibility index (Phi) is 7.03. The van der Waals surface area contributed by atoms with Crippen molar-refractivity contribution in [2.75, 3.05) is 23.4 Å². The maximum atomic E-state index is 12.8. The minimum Gasteiger partial charge on any atom is -0.483 e. The number of amides is 1. The maximum Gasteiger partial charge on any atom is 0.290 e. The van der Waals surface area contributed by atoms with Crippen molar-refractivity contribution >= 4 is 29.6 Å². The normalized spacial score (nSPS) is 24.0. The molecule has 0 spiro atoms. The van der Waals surface area contributed by atoms with Gasteiger partial charge in [0.25, 0.3) is 6.47 Å². The van der Waals surface area contributed by atoms with Crippen LogP contribution >= 0.6 is 0 Å². The van der Waals surface area contributed by atoms with Crippen molar-refractivity contribution in [2.24, 2.45) is 11.8 Å². The van der Waals surface area contributed by atoms with Crippen LogP contribution in [-0.2, 0) is 14.3 Å². The smallest absolute Gasteiger partial charge is 0.290 e. The van der Waals surface area contributed by atoms with Crippen LogP contribution in [0, 0.1) is 11.8 Å². The van der Waals surface area contributed by atoms with Crippen LogP contribution in [0.1, 0.15) is 50.3 Å². The van der Waals surface area contributed by atoms with Gasteiger partial charge in [-0.3, -0.25) is 9.59 Å². The predicted molar refractivity (Wildman–Crippen MR) is 126 cm³/mol. The second kappa shape index (κ2) is 10.1. The number of hydrogen-bond acceptors (Lipinski definition) is 6. The molecule has 174 valence electrons. The fourth-order valence-electron chi connectivity index (χ4n) is 5.07. The van der Waals surface area contributed by atoms with Crippen LogP contribution in [0.4, 0.5) is 11.6 Å². The number of nitrogens with one attached hydrogen (secondary N) is 1. The van der Waals surface area contributed by atoms with E-state index in [1.807, 2.05) is 11.0 Å². The lowest BCUT2D eigenvalue weighted by Crippen LogP contribution is -2.51. The number of anilines is 2. The Morgan fingerprint density at radius 3 is 2.61 bits per heavy atom. The summed E-state index contributed by atoms with van der Waals surface area (Å²) in [6.45, 7) is 5.10. The summed E-state index contributed by atoms with van der Waals surface area (Å²) in [5.74, 6) is 1.56. The van der Waals surface area contributed by atoms with Crippen LogP contribution in [0.5, 0.6) is 0 Å². The van der Waals surface area contributed by atoms with Gasteiger partial charge >= 0.3 is 0 Å². The van der Waals surface area contributed by atoms with E-state index in [-0.39, 0.29) is 30.4 Å². The van der Waals surface area contributed by atoms with Crippen LogP contribution in [0.15, 0.2) is 42.7 Å². The Morgan fingerprint density at radius 1 is 1.27 bits per heavy atom. The van der Waals surface area contributed by atoms with Gasteiger partial charge in [0, 0.05) is 37.0 Å². The third-order valence-electron chi connectivity index (χ3n) is 6.61. The number of aromatic nitrogens is 2. The molecule has 1 saturated carbocycles. The van der Waals surface area contributed by atoms with E-state index >= 15 is 0 Å². The number of benzene rings is 1. The molecular formula is C25H30N4O4. The van der Waals surface area contributed by atoms with Crippen LogP contribution < -0.4 is 10.2 Å². The largest absolute Gasteiger partial charge is 0.483 e. The Morgan fingerprint density at radius 2 is 2.00 bits per heavy atom. The zero-order valence-corrected chi connectivity index (χ0v) is 19.0. The number of carbonyl (C=O) groups is 2. The Hall–Kier alpha value is -3.26. The number of nitrogens with zero attached hydrogens (tertiary/aromatic N) is 3. The van der Waals surface area contributed by atoms with Gasteiger partial charge in [0.2, 0.25) is 11.9 Å². The molecule has 33 heavy (non-hydrogen) atoms. The van der Waals surface area contributed by atoms with E-state index in [2.05, 4.69) is 46.5 Å². The minimum atomic E-state index is -0.250. The molecule has 3 aliphatic rings. The van der Waals surface area contributed by atoms with Gasteiger partial charge in [0.1, 0.15) is 0 Å². The SMILES string of the molecule is CC(=O)N1c2ccc(C3=CCOCC3)cc2[C@H](Nc2ncccn2)[C@@H](C)[C@@H]1C1CC1.O=CO. The highest BCUT2D eigenvalue weighted by molar-refractivity contribution is 5.94. The predicted octanol–water partition coefficient (Wildman–Crippen LogP) is 3.92. The van der Waals surface area contributed by atoms with Crippen molar-refractivity contribution in [2.45, 2.75) is 45.2 Å². The number of carbonyl (C=O) groups excluding carboxylic acids is 1. The summed E-state index contributed by atoms with van der Waals surface area (Å²) in [4.78, 5) is 32.0. The van der Waals surface area contributed by atoms with Gasteiger partial charge < -0.3 is 20.1 Å². The number of fused-ring (bicyclic) bond motifs is 1. The van der Waals surface area contributed by atoms with Gasteiger partial charge in [-0.15, -0.1) is 0 Å². The highest BCUT2D eigenvalue weighted by Crippen LogP contribution is 2.50. The van der Waals surface area contributed by atoms with Crippen molar-refractivity contribution in [3.8, 4) is 0 Å². The summed E-state index contributed by atoms with van der Waals surface area (Å²) in [5.41, 5.74) is 4.68. The minimum absolute atomic E-state index is 0.0454. The average molecular weight is 451 g/mol. The third kappa shape index (κ3) is 4.90. The Bertz CT molecular complexity index is 1020. The molecule has 0 bridgehead atoms. The maximum absolute atomic E-state index is 12.8. The number of ether oxygens (including phenoxy) is 1. The molecule has 5 rings (SSSR count). The molecule has 2 aliphatic heterocycles. The van der Waals surface area contributed by atoms with Gasteiger partial charge in [0.05, 0.1) is 19.3 Å². The molecule has 0 unspecified atom stereocenters. The number of carboxylic acid groups (broad SMARTS) is 1. The van der Waals surface area contributed by atoms with Crippen LogP contribution in [-0.4, -0.2) is 46.7 Å². The lowest BCUT2D eigenvalue weighted by molar-refractivity contribution is -0.123. The third-order valence-corrected chi connectivity index (χ3v) is 6.61. The fraction of sp³-hybridized carbons (Fsp3) is 0.440. The van der Waals surface area contributed by atoms with Crippen molar-refractivity contribution in [3.05, 3.63) is 53.9 Å². The van der Waals surface area contributed by atoms with Crippen molar-refractivity contribution in [1.29, 1.82) is 0 Å². The van der Waals surface area contributed by atoms with E-state index in [9.17, 15) is 4.79 Å². The lowest BCUT2D eigenvalue weighted by atomic mass is 9.79. The number of rotatable bonds is 4. The highest BCUT2D eigenvalue weighted by atomic mass is 16.5. The zero-order chi connectivity index (χ0) is 23.4. The molecule has 1 aromatic carbocycles. The average Bonchev–Trinajstić information content (AvgIpc) is 3.67. The molecule has 1 aromatic heterocycles. The van der Waals surface area contributed by atoms with Crippen molar-refractivity contribution in [1.82, 2.24) is 9.97 Å². The molecule has 3 heterocycles. The molecule has 0 saturated heterocycles. The first-order chi connectivity index (χ1) is 16.0. The second-order valence-corrected chi connectivity index (χ2v) is 8.70. The van der Waals surface area contributed by atoms with E-state index < -0.39 is 0 Å². The van der Waals surface area contributed by atoms with Crippen LogP contribution in [0.3, 0.4) is 0 Å². The molecule has 3 atom stereocenters. The molecular weight excluding hydrogens is 420 g/mol. The summed E-state index contributed by atoms with van der Waals surface area (Å²) >= 11 is 0. The molecule has 1 fully saturated rings. The van der Waals surface area contributed by atoms with Gasteiger partial charge in [-0.1, -0.05) is 19.1 Å². The summed E-state index contributed by atoms with van der Waals surface area (Å²) in [5, 5.41) is 10.5. The molecule has 2 aromatic rings. The topological polar surface area (TPSA) is 105 Å². The van der Waals surface area contributed by atoms with Crippen molar-refractivity contribution in [3.63, 3.8) is 0 Å². The Balaban J connectivity index is 0.000000821. The summed E-state index contributed by atoms with van der Waals surface area (Å²) in [7, 11) is 0. The van der Waals surface area contributed by atoms with Crippen LogP contribution in [0.25, 0.3) is 5.57 Å². The van der Waals surface area contributed by atoms with Crippen molar-refractivity contribution < 1.29 is 19.4 Å². The standard InChI is InChI=1S/C24H28N4O2.CH2O2/c1-15-22(27-24-25-10-3-11-26-24)20-14-19(17-8-12-30-13-9-17)6-7-21(20)28(16(2)29)23(15)18-4-5-18;2-1-3/h3,6-8,10-11,14-15,18,22-23H,4-5,9,12-13H2,1-2H3,(H,25,26,27);1H,(H,2,3)/t15-,22-,23-;/m1./s1. The molecule has 1 amide bonds. The molecule has 8 heteroatoms. The first kappa shape index (κ1) is 22.9. The molecule has 8 nitrogen and oxygen atoms in total. The van der Waals surface area contributed by atoms with Gasteiger partial charge in [0.15, 0.2) is 0 Å². The highest BCUT2D eigenvalue weighted by Gasteiger charge is 2.47. The van der Waals surface area contributed by atoms with Gasteiger partial charge in [-0.05, 0) is 60.1 Å². The summed E-state index contributed by atoms with van der Waals surface area (Å²) in [6.07, 6.45) is 8.97. The summed E-state index contributed by atoms with van der Waals surface area (Å²) in [6, 6.07) is 8.60. The van der Waals surface area contributed by atoms with E-state index in [0.717, 1.165) is 24.3 Å². The first-order valence-electron chi connectivity index (χ1n) is 11.4. The number of hydrogen-bond donors (Lipinski definition) is 2. The molecule has 1 aliphatic carbocycles. The lowest BCUT2D eigenvalue weighted by Gasteiger charge is -2.46. The fourth-order valence-corrected chi connectivity index (χ4v) is 5.07. The zero-order valence-electron chi connectivity index (χ0n) is 19.0. The van der Waals surface area contributed by atoms with E-state index in [1.54, 1.807) is 19.3 Å². The summed E-state index contributed by atoms with van der Waals surface area (Å²) < 4.78 is 5.49. The quantitative estimate of drug-likeness (QED) is 0.681. The first-order valence-corrected chi connectivity index (χ1v) is 11.4. The van der Waals surface area contributed by atoms with E-state index in [1.165, 1.54) is 24.0 Å². The molecule has 2 N–H and O–H groups in total. The van der Waals surface area contributed by atoms with E-state index in [0.29, 0.717) is 18.5 Å². The van der Waals surface area contributed by atoms with E-state index in [4.69, 9.17) is 14.6 Å². The second-order valence-electron chi connectivity index (χ2n) is 8.70.